The van der Waals surface area contributed by atoms with E-state index >= 15 is 0 Å². The molecule has 2 N–H and O–H groups in total. The summed E-state index contributed by atoms with van der Waals surface area (Å²) >= 11 is 0. The molecule has 0 radical (unpaired) electrons. The number of carbonyl (C=O) groups is 1. The van der Waals surface area contributed by atoms with E-state index in [0.29, 0.717) is 11.8 Å². The maximum Gasteiger partial charge on any atom is 0.315 e. The summed E-state index contributed by atoms with van der Waals surface area (Å²) in [6, 6.07) is 6.89. The molecular formula is C25H34N8O. The van der Waals surface area contributed by atoms with Gasteiger partial charge in [0.2, 0.25) is 0 Å². The van der Waals surface area contributed by atoms with Gasteiger partial charge in [0.05, 0.1) is 12.1 Å². The molecule has 0 aliphatic rings. The number of imidazole rings is 2. The van der Waals surface area contributed by atoms with Gasteiger partial charge in [0, 0.05) is 26.5 Å². The van der Waals surface area contributed by atoms with Gasteiger partial charge in [-0.1, -0.05) is 27.7 Å². The third-order valence-corrected chi connectivity index (χ3v) is 5.97. The fraction of sp³-hybridized carbons (Fsp3) is 0.480. The lowest BCUT2D eigenvalue weighted by molar-refractivity contribution is 0.227. The molecule has 9 heteroatoms. The Hall–Kier alpha value is -3.49. The van der Waals surface area contributed by atoms with Crippen LogP contribution in [0.4, 0.5) is 4.79 Å². The molecule has 0 saturated carbocycles. The van der Waals surface area contributed by atoms with Gasteiger partial charge in [-0.2, -0.15) is 0 Å². The average Bonchev–Trinajstić information content (AvgIpc) is 3.30. The van der Waals surface area contributed by atoms with Crippen molar-refractivity contribution in [2.24, 2.45) is 25.9 Å². The molecule has 2 unspecified atom stereocenters. The van der Waals surface area contributed by atoms with Gasteiger partial charge in [0.15, 0.2) is 11.3 Å². The van der Waals surface area contributed by atoms with E-state index in [1.54, 1.807) is 12.4 Å². The molecule has 0 aliphatic carbocycles. The number of amides is 2. The van der Waals surface area contributed by atoms with Crippen LogP contribution in [0.3, 0.4) is 0 Å². The Labute approximate surface area is 200 Å². The number of nitrogens with one attached hydrogen (secondary N) is 2. The van der Waals surface area contributed by atoms with Crippen LogP contribution in [0, 0.1) is 11.8 Å². The standard InChI is InChI=1S/C25H34N8O/c1-15(2)13-19(23-28-17-9-7-11-26-21(17)32(23)5)30-25(34)31-20(14-16(3)4)24-29-18-10-8-12-27-22(18)33(24)6/h7-12,15-16,19-20H,13-14H2,1-6H3,(H2,30,31,34). The predicted octanol–water partition coefficient (Wildman–Crippen LogP) is 4.42. The second-order valence-electron chi connectivity index (χ2n) is 9.73. The maximum atomic E-state index is 13.3. The summed E-state index contributed by atoms with van der Waals surface area (Å²) < 4.78 is 3.93. The van der Waals surface area contributed by atoms with E-state index in [0.717, 1.165) is 46.8 Å². The zero-order chi connectivity index (χ0) is 24.4. The molecule has 2 atom stereocenters. The van der Waals surface area contributed by atoms with Crippen molar-refractivity contribution >= 4 is 28.4 Å². The minimum Gasteiger partial charge on any atom is -0.328 e. The molecule has 4 aromatic rings. The zero-order valence-corrected chi connectivity index (χ0v) is 20.8. The van der Waals surface area contributed by atoms with Crippen LogP contribution in [-0.2, 0) is 14.1 Å². The Balaban J connectivity index is 1.60. The second kappa shape index (κ2) is 9.79. The molecule has 0 fully saturated rings. The molecule has 2 amide bonds. The summed E-state index contributed by atoms with van der Waals surface area (Å²) in [7, 11) is 3.89. The lowest BCUT2D eigenvalue weighted by Gasteiger charge is -2.24. The van der Waals surface area contributed by atoms with Crippen molar-refractivity contribution in [2.75, 3.05) is 0 Å². The van der Waals surface area contributed by atoms with Gasteiger partial charge >= 0.3 is 6.03 Å². The molecule has 180 valence electrons. The SMILES string of the molecule is CC(C)CC(NC(=O)NC(CC(C)C)c1nc2cccnc2n1C)c1nc2cccnc2n1C. The first kappa shape index (κ1) is 23.7. The summed E-state index contributed by atoms with van der Waals surface area (Å²) in [5.74, 6) is 2.33. The molecule has 4 aromatic heterocycles. The largest absolute Gasteiger partial charge is 0.328 e. The molecule has 4 rings (SSSR count). The second-order valence-corrected chi connectivity index (χ2v) is 9.73. The first-order valence-corrected chi connectivity index (χ1v) is 11.9. The van der Waals surface area contributed by atoms with Crippen LogP contribution >= 0.6 is 0 Å². The first-order chi connectivity index (χ1) is 16.2. The minimum atomic E-state index is -0.249. The summed E-state index contributed by atoms with van der Waals surface area (Å²) in [6.45, 7) is 8.56. The zero-order valence-electron chi connectivity index (χ0n) is 20.8. The van der Waals surface area contributed by atoms with E-state index in [1.165, 1.54) is 0 Å². The van der Waals surface area contributed by atoms with Gasteiger partial charge in [-0.25, -0.2) is 24.7 Å². The predicted molar refractivity (Wildman–Crippen MR) is 133 cm³/mol. The van der Waals surface area contributed by atoms with Crippen molar-refractivity contribution in [2.45, 2.75) is 52.6 Å². The molecule has 4 heterocycles. The van der Waals surface area contributed by atoms with E-state index in [1.807, 2.05) is 47.5 Å². The Kier molecular flexibility index (Phi) is 6.81. The number of urea groups is 1. The van der Waals surface area contributed by atoms with E-state index in [-0.39, 0.29) is 18.1 Å². The summed E-state index contributed by atoms with van der Waals surface area (Å²) in [5.41, 5.74) is 3.25. The normalized spacial score (nSPS) is 13.6. The smallest absolute Gasteiger partial charge is 0.315 e. The Morgan fingerprint density at radius 2 is 1.21 bits per heavy atom. The highest BCUT2D eigenvalue weighted by Gasteiger charge is 2.26. The van der Waals surface area contributed by atoms with Crippen LogP contribution in [-0.4, -0.2) is 35.1 Å². The van der Waals surface area contributed by atoms with Crippen LogP contribution in [0.5, 0.6) is 0 Å². The monoisotopic (exact) mass is 462 g/mol. The van der Waals surface area contributed by atoms with E-state index in [4.69, 9.17) is 9.97 Å². The Morgan fingerprint density at radius 3 is 1.56 bits per heavy atom. The molecule has 0 aromatic carbocycles. The van der Waals surface area contributed by atoms with Gasteiger partial charge in [-0.15, -0.1) is 0 Å². The first-order valence-electron chi connectivity index (χ1n) is 11.9. The number of aryl methyl sites for hydroxylation is 2. The van der Waals surface area contributed by atoms with E-state index < -0.39 is 0 Å². The van der Waals surface area contributed by atoms with Crippen molar-refractivity contribution in [1.29, 1.82) is 0 Å². The number of rotatable bonds is 8. The molecule has 0 bridgehead atoms. The van der Waals surface area contributed by atoms with Crippen LogP contribution in [0.1, 0.15) is 64.3 Å². The van der Waals surface area contributed by atoms with Crippen molar-refractivity contribution in [3.05, 3.63) is 48.3 Å². The molecule has 0 spiro atoms. The van der Waals surface area contributed by atoms with Gasteiger partial charge in [-0.05, 0) is 48.9 Å². The fourth-order valence-corrected chi connectivity index (χ4v) is 4.46. The van der Waals surface area contributed by atoms with Gasteiger partial charge < -0.3 is 19.8 Å². The Bertz CT molecular complexity index is 1190. The van der Waals surface area contributed by atoms with E-state index in [9.17, 15) is 4.79 Å². The summed E-state index contributed by atoms with van der Waals surface area (Å²) in [5, 5.41) is 6.36. The van der Waals surface area contributed by atoms with Gasteiger partial charge in [0.25, 0.3) is 0 Å². The Morgan fingerprint density at radius 1 is 0.794 bits per heavy atom. The quantitative estimate of drug-likeness (QED) is 0.403. The highest BCUT2D eigenvalue weighted by molar-refractivity contribution is 5.76. The highest BCUT2D eigenvalue weighted by Crippen LogP contribution is 2.26. The number of carbonyl (C=O) groups excluding carboxylic acids is 1. The average molecular weight is 463 g/mol. The van der Waals surface area contributed by atoms with Crippen molar-refractivity contribution < 1.29 is 4.79 Å². The molecule has 0 aliphatic heterocycles. The number of hydrogen-bond donors (Lipinski definition) is 2. The summed E-state index contributed by atoms with van der Waals surface area (Å²) in [6.07, 6.45) is 5.03. The van der Waals surface area contributed by atoms with Gasteiger partial charge in [0.1, 0.15) is 22.7 Å². The van der Waals surface area contributed by atoms with Crippen LogP contribution in [0.2, 0.25) is 0 Å². The number of pyridine rings is 2. The lowest BCUT2D eigenvalue weighted by atomic mass is 10.0. The molecule has 9 nitrogen and oxygen atoms in total. The summed E-state index contributed by atoms with van der Waals surface area (Å²) in [4.78, 5) is 31.8. The third kappa shape index (κ3) is 4.88. The topological polar surface area (TPSA) is 103 Å². The van der Waals surface area contributed by atoms with Crippen molar-refractivity contribution in [1.82, 2.24) is 39.7 Å². The molecule has 34 heavy (non-hydrogen) atoms. The lowest BCUT2D eigenvalue weighted by Crippen LogP contribution is -2.42. The van der Waals surface area contributed by atoms with Crippen molar-refractivity contribution in [3.8, 4) is 0 Å². The van der Waals surface area contributed by atoms with E-state index in [2.05, 4.69) is 48.3 Å². The van der Waals surface area contributed by atoms with Crippen molar-refractivity contribution in [3.63, 3.8) is 0 Å². The number of hydrogen-bond acceptors (Lipinski definition) is 5. The van der Waals surface area contributed by atoms with Crippen LogP contribution in [0.25, 0.3) is 22.3 Å². The molecule has 0 saturated heterocycles. The number of aromatic nitrogens is 6. The number of fused-ring (bicyclic) bond motifs is 2. The highest BCUT2D eigenvalue weighted by atomic mass is 16.2. The van der Waals surface area contributed by atoms with Crippen LogP contribution < -0.4 is 10.6 Å². The fourth-order valence-electron chi connectivity index (χ4n) is 4.46. The number of nitrogens with zero attached hydrogens (tertiary/aromatic N) is 6. The third-order valence-electron chi connectivity index (χ3n) is 5.97. The minimum absolute atomic E-state index is 0.240. The van der Waals surface area contributed by atoms with Gasteiger partial charge in [-0.3, -0.25) is 0 Å². The maximum absolute atomic E-state index is 13.3. The molecular weight excluding hydrogens is 428 g/mol. The van der Waals surface area contributed by atoms with Crippen LogP contribution in [0.15, 0.2) is 36.7 Å².